The van der Waals surface area contributed by atoms with Gasteiger partial charge in [0, 0.05) is 12.7 Å². The van der Waals surface area contributed by atoms with E-state index in [0.29, 0.717) is 25.0 Å². The lowest BCUT2D eigenvalue weighted by Crippen LogP contribution is -2.41. The highest BCUT2D eigenvalue weighted by Crippen LogP contribution is 2.10. The molecule has 1 aromatic rings. The van der Waals surface area contributed by atoms with Gasteiger partial charge in [0.25, 0.3) is 5.91 Å². The van der Waals surface area contributed by atoms with E-state index in [4.69, 9.17) is 9.84 Å². The van der Waals surface area contributed by atoms with Crippen molar-refractivity contribution in [2.24, 2.45) is 0 Å². The smallest absolute Gasteiger partial charge is 0.326 e. The summed E-state index contributed by atoms with van der Waals surface area (Å²) in [6.07, 6.45) is 1.10. The van der Waals surface area contributed by atoms with Gasteiger partial charge in [-0.05, 0) is 18.1 Å². The van der Waals surface area contributed by atoms with Crippen LogP contribution in [0.3, 0.4) is 0 Å². The van der Waals surface area contributed by atoms with E-state index < -0.39 is 12.0 Å². The number of aliphatic carboxylic acids is 1. The molecule has 104 valence electrons. The second-order valence-corrected chi connectivity index (χ2v) is 4.24. The van der Waals surface area contributed by atoms with Crippen molar-refractivity contribution in [2.45, 2.75) is 32.4 Å². The highest BCUT2D eigenvalue weighted by Gasteiger charge is 2.20. The highest BCUT2D eigenvalue weighted by molar-refractivity contribution is 5.97. The Morgan fingerprint density at radius 1 is 1.37 bits per heavy atom. The third kappa shape index (κ3) is 4.37. The van der Waals surface area contributed by atoms with Crippen molar-refractivity contribution >= 4 is 11.9 Å². The fourth-order valence-corrected chi connectivity index (χ4v) is 1.81. The van der Waals surface area contributed by atoms with Gasteiger partial charge in [-0.15, -0.1) is 0 Å². The number of carbonyl (C=O) groups is 2. The molecule has 1 atom stereocenters. The Hall–Kier alpha value is -1.88. The molecular formula is C14H19NO4. The molecule has 0 spiro atoms. The molecule has 0 radical (unpaired) electrons. The van der Waals surface area contributed by atoms with Gasteiger partial charge in [0.1, 0.15) is 6.04 Å². The van der Waals surface area contributed by atoms with Crippen molar-refractivity contribution in [1.29, 1.82) is 0 Å². The summed E-state index contributed by atoms with van der Waals surface area (Å²) in [5, 5.41) is 11.6. The topological polar surface area (TPSA) is 75.6 Å². The van der Waals surface area contributed by atoms with Crippen molar-refractivity contribution in [2.75, 3.05) is 7.11 Å². The molecule has 1 aromatic carbocycles. The predicted molar refractivity (Wildman–Crippen MR) is 71.0 cm³/mol. The molecule has 0 aromatic heterocycles. The Kier molecular flexibility index (Phi) is 6.02. The maximum Gasteiger partial charge on any atom is 0.326 e. The van der Waals surface area contributed by atoms with Gasteiger partial charge in [-0.2, -0.15) is 0 Å². The quantitative estimate of drug-likeness (QED) is 0.788. The number of carbonyl (C=O) groups excluding carboxylic acids is 1. The number of rotatable bonds is 7. The Labute approximate surface area is 112 Å². The summed E-state index contributed by atoms with van der Waals surface area (Å²) in [7, 11) is 1.55. The van der Waals surface area contributed by atoms with Crippen molar-refractivity contribution in [1.82, 2.24) is 5.32 Å². The summed E-state index contributed by atoms with van der Waals surface area (Å²) in [6.45, 7) is 2.19. The van der Waals surface area contributed by atoms with Crippen LogP contribution in [0.4, 0.5) is 0 Å². The predicted octanol–water partition coefficient (Wildman–Crippen LogP) is 1.82. The van der Waals surface area contributed by atoms with E-state index >= 15 is 0 Å². The largest absolute Gasteiger partial charge is 0.480 e. The van der Waals surface area contributed by atoms with Gasteiger partial charge in [0.2, 0.25) is 0 Å². The molecule has 0 aliphatic carbocycles. The molecule has 19 heavy (non-hydrogen) atoms. The van der Waals surface area contributed by atoms with Crippen LogP contribution in [0, 0.1) is 0 Å². The van der Waals surface area contributed by atoms with Gasteiger partial charge in [-0.1, -0.05) is 31.5 Å². The van der Waals surface area contributed by atoms with Gasteiger partial charge in [0.15, 0.2) is 0 Å². The Balaban J connectivity index is 2.84. The number of nitrogens with one attached hydrogen (secondary N) is 1. The molecule has 0 aliphatic heterocycles. The van der Waals surface area contributed by atoms with Crippen LogP contribution in [-0.2, 0) is 16.1 Å². The number of carboxylic acids is 1. The monoisotopic (exact) mass is 265 g/mol. The molecule has 0 aliphatic rings. The first-order valence-corrected chi connectivity index (χ1v) is 6.20. The third-order valence-electron chi connectivity index (χ3n) is 2.74. The maximum absolute atomic E-state index is 12.1. The summed E-state index contributed by atoms with van der Waals surface area (Å²) in [5.74, 6) is -1.40. The molecule has 5 heteroatoms. The fourth-order valence-electron chi connectivity index (χ4n) is 1.81. The first-order valence-electron chi connectivity index (χ1n) is 6.20. The number of methoxy groups -OCH3 is 1. The summed E-state index contributed by atoms with van der Waals surface area (Å²) >= 11 is 0. The minimum atomic E-state index is -1.01. The van der Waals surface area contributed by atoms with E-state index in [1.807, 2.05) is 13.0 Å². The van der Waals surface area contributed by atoms with Gasteiger partial charge in [-0.25, -0.2) is 4.79 Å². The lowest BCUT2D eigenvalue weighted by atomic mass is 10.1. The second-order valence-electron chi connectivity index (χ2n) is 4.24. The van der Waals surface area contributed by atoms with Crippen LogP contribution in [0.2, 0.25) is 0 Å². The van der Waals surface area contributed by atoms with E-state index in [9.17, 15) is 9.59 Å². The average Bonchev–Trinajstić information content (AvgIpc) is 2.39. The third-order valence-corrected chi connectivity index (χ3v) is 2.74. The molecule has 0 saturated carbocycles. The van der Waals surface area contributed by atoms with Crippen LogP contribution in [-0.4, -0.2) is 30.1 Å². The van der Waals surface area contributed by atoms with Gasteiger partial charge in [0.05, 0.1) is 6.61 Å². The van der Waals surface area contributed by atoms with Crippen molar-refractivity contribution < 1.29 is 19.4 Å². The van der Waals surface area contributed by atoms with Crippen molar-refractivity contribution in [3.63, 3.8) is 0 Å². The lowest BCUT2D eigenvalue weighted by Gasteiger charge is -2.15. The summed E-state index contributed by atoms with van der Waals surface area (Å²) in [6, 6.07) is 6.14. The Morgan fingerprint density at radius 2 is 2.05 bits per heavy atom. The van der Waals surface area contributed by atoms with Crippen LogP contribution in [0.1, 0.15) is 35.7 Å². The summed E-state index contributed by atoms with van der Waals surface area (Å²) in [5.41, 5.74) is 1.19. The fraction of sp³-hybridized carbons (Fsp3) is 0.429. The average molecular weight is 265 g/mol. The molecule has 1 rings (SSSR count). The van der Waals surface area contributed by atoms with Gasteiger partial charge < -0.3 is 15.2 Å². The van der Waals surface area contributed by atoms with E-state index in [-0.39, 0.29) is 5.91 Å². The minimum absolute atomic E-state index is 0.315. The molecule has 1 unspecified atom stereocenters. The lowest BCUT2D eigenvalue weighted by molar-refractivity contribution is -0.139. The highest BCUT2D eigenvalue weighted by atomic mass is 16.5. The number of benzene rings is 1. The number of amides is 1. The molecule has 0 heterocycles. The first-order chi connectivity index (χ1) is 9.10. The van der Waals surface area contributed by atoms with E-state index in [2.05, 4.69) is 5.32 Å². The van der Waals surface area contributed by atoms with E-state index in [0.717, 1.165) is 5.56 Å². The Morgan fingerprint density at radius 3 is 2.63 bits per heavy atom. The first kappa shape index (κ1) is 15.2. The minimum Gasteiger partial charge on any atom is -0.480 e. The summed E-state index contributed by atoms with van der Waals surface area (Å²) in [4.78, 5) is 23.1. The molecule has 2 N–H and O–H groups in total. The molecule has 0 saturated heterocycles. The molecule has 1 amide bonds. The molecule has 0 fully saturated rings. The van der Waals surface area contributed by atoms with Crippen LogP contribution < -0.4 is 5.32 Å². The van der Waals surface area contributed by atoms with Crippen molar-refractivity contribution in [3.8, 4) is 0 Å². The van der Waals surface area contributed by atoms with Crippen LogP contribution >= 0.6 is 0 Å². The molecular weight excluding hydrogens is 246 g/mol. The second kappa shape index (κ2) is 7.53. The molecule has 0 bridgehead atoms. The van der Waals surface area contributed by atoms with E-state index in [1.165, 1.54) is 0 Å². The normalized spacial score (nSPS) is 11.9. The number of hydrogen-bond donors (Lipinski definition) is 2. The zero-order chi connectivity index (χ0) is 14.3. The van der Waals surface area contributed by atoms with Gasteiger partial charge >= 0.3 is 5.97 Å². The number of carboxylic acid groups (broad SMARTS) is 1. The van der Waals surface area contributed by atoms with Crippen LogP contribution in [0.5, 0.6) is 0 Å². The maximum atomic E-state index is 12.1. The molecule has 5 nitrogen and oxygen atoms in total. The van der Waals surface area contributed by atoms with E-state index in [1.54, 1.807) is 25.3 Å². The number of ether oxygens (including phenoxy) is 1. The SMILES string of the molecule is CCCC(NC(=O)c1ccccc1COC)C(=O)O. The zero-order valence-electron chi connectivity index (χ0n) is 11.2. The number of hydrogen-bond acceptors (Lipinski definition) is 3. The van der Waals surface area contributed by atoms with Crippen molar-refractivity contribution in [3.05, 3.63) is 35.4 Å². The summed E-state index contributed by atoms with van der Waals surface area (Å²) < 4.78 is 5.02. The van der Waals surface area contributed by atoms with Crippen LogP contribution in [0.25, 0.3) is 0 Å². The van der Waals surface area contributed by atoms with Crippen LogP contribution in [0.15, 0.2) is 24.3 Å². The standard InChI is InChI=1S/C14H19NO4/c1-3-6-12(14(17)18)15-13(16)11-8-5-4-7-10(11)9-19-2/h4-5,7-8,12H,3,6,9H2,1-2H3,(H,15,16)(H,17,18). The Bertz CT molecular complexity index is 445. The van der Waals surface area contributed by atoms with Gasteiger partial charge in [-0.3, -0.25) is 4.79 Å². The zero-order valence-corrected chi connectivity index (χ0v) is 11.2.